The highest BCUT2D eigenvalue weighted by Crippen LogP contribution is 2.17. The first-order chi connectivity index (χ1) is 10.0. The summed E-state index contributed by atoms with van der Waals surface area (Å²) in [7, 11) is 6.97. The van der Waals surface area contributed by atoms with Crippen molar-refractivity contribution in [2.24, 2.45) is 0 Å². The Morgan fingerprint density at radius 2 is 2.05 bits per heavy atom. The number of quaternary nitrogens is 1. The number of likely N-dealkylation sites (N-methyl/N-ethyl adjacent to an activating group) is 1. The molecule has 0 bridgehead atoms. The van der Waals surface area contributed by atoms with E-state index in [0.717, 1.165) is 17.1 Å². The van der Waals surface area contributed by atoms with Gasteiger partial charge in [0.1, 0.15) is 12.6 Å². The van der Waals surface area contributed by atoms with E-state index in [0.29, 0.717) is 0 Å². The molecule has 1 atom stereocenters. The van der Waals surface area contributed by atoms with Crippen LogP contribution in [0.15, 0.2) is 24.3 Å². The minimum absolute atomic E-state index is 0.802. The minimum Gasteiger partial charge on any atom is -0.327 e. The SMILES string of the molecule is C[N+](C)(C)C1CCN(CC[N+]2=Cc3ccccc3CC2)C1. The van der Waals surface area contributed by atoms with Crippen LogP contribution in [0.4, 0.5) is 0 Å². The van der Waals surface area contributed by atoms with Crippen LogP contribution in [0.1, 0.15) is 17.5 Å². The van der Waals surface area contributed by atoms with Gasteiger partial charge in [-0.25, -0.2) is 4.58 Å². The van der Waals surface area contributed by atoms with E-state index >= 15 is 0 Å². The van der Waals surface area contributed by atoms with Crippen molar-refractivity contribution in [2.45, 2.75) is 18.9 Å². The first-order valence-corrected chi connectivity index (χ1v) is 8.23. The first kappa shape index (κ1) is 14.7. The van der Waals surface area contributed by atoms with Gasteiger partial charge in [-0.15, -0.1) is 0 Å². The lowest BCUT2D eigenvalue weighted by molar-refractivity contribution is -0.893. The van der Waals surface area contributed by atoms with Crippen molar-refractivity contribution in [3.05, 3.63) is 35.4 Å². The molecular formula is C18H29N3+2. The maximum Gasteiger partial charge on any atom is 0.171 e. The van der Waals surface area contributed by atoms with Crippen LogP contribution >= 0.6 is 0 Å². The van der Waals surface area contributed by atoms with Crippen molar-refractivity contribution in [3.63, 3.8) is 0 Å². The van der Waals surface area contributed by atoms with Crippen LogP contribution in [0.2, 0.25) is 0 Å². The van der Waals surface area contributed by atoms with E-state index in [4.69, 9.17) is 0 Å². The fourth-order valence-electron chi connectivity index (χ4n) is 3.51. The lowest BCUT2D eigenvalue weighted by Crippen LogP contribution is -2.46. The zero-order valence-corrected chi connectivity index (χ0v) is 13.8. The summed E-state index contributed by atoms with van der Waals surface area (Å²) in [5.74, 6) is 0. The van der Waals surface area contributed by atoms with Gasteiger partial charge in [-0.2, -0.15) is 0 Å². The smallest absolute Gasteiger partial charge is 0.171 e. The molecule has 2 heterocycles. The average molecular weight is 287 g/mol. The Hall–Kier alpha value is -1.19. The summed E-state index contributed by atoms with van der Waals surface area (Å²) in [6.07, 6.45) is 4.89. The second kappa shape index (κ2) is 5.90. The summed E-state index contributed by atoms with van der Waals surface area (Å²) in [4.78, 5) is 2.64. The van der Waals surface area contributed by atoms with Crippen LogP contribution in [-0.4, -0.2) is 80.1 Å². The van der Waals surface area contributed by atoms with Gasteiger partial charge in [-0.1, -0.05) is 18.2 Å². The van der Waals surface area contributed by atoms with Crippen LogP contribution < -0.4 is 0 Å². The Balaban J connectivity index is 1.54. The van der Waals surface area contributed by atoms with E-state index in [1.54, 1.807) is 0 Å². The number of fused-ring (bicyclic) bond motifs is 1. The van der Waals surface area contributed by atoms with Gasteiger partial charge in [0.05, 0.1) is 34.2 Å². The zero-order valence-electron chi connectivity index (χ0n) is 13.8. The van der Waals surface area contributed by atoms with E-state index in [1.165, 1.54) is 50.1 Å². The molecule has 1 aromatic rings. The van der Waals surface area contributed by atoms with Crippen LogP contribution in [0.25, 0.3) is 0 Å². The number of hydrogen-bond acceptors (Lipinski definition) is 1. The van der Waals surface area contributed by atoms with Gasteiger partial charge in [0.15, 0.2) is 12.8 Å². The molecule has 0 radical (unpaired) electrons. The fraction of sp³-hybridized carbons (Fsp3) is 0.611. The molecule has 1 saturated heterocycles. The summed E-state index contributed by atoms with van der Waals surface area (Å²) in [6.45, 7) is 6.06. The third kappa shape index (κ3) is 3.53. The Labute approximate surface area is 129 Å². The fourth-order valence-corrected chi connectivity index (χ4v) is 3.51. The molecule has 0 aliphatic carbocycles. The molecule has 21 heavy (non-hydrogen) atoms. The zero-order chi connectivity index (χ0) is 14.9. The molecule has 0 spiro atoms. The number of rotatable bonds is 4. The summed E-state index contributed by atoms with van der Waals surface area (Å²) < 4.78 is 3.60. The van der Waals surface area contributed by atoms with Gasteiger partial charge in [0, 0.05) is 24.9 Å². The summed E-state index contributed by atoms with van der Waals surface area (Å²) >= 11 is 0. The van der Waals surface area contributed by atoms with E-state index in [-0.39, 0.29) is 0 Å². The highest BCUT2D eigenvalue weighted by molar-refractivity contribution is 5.78. The Morgan fingerprint density at radius 1 is 1.24 bits per heavy atom. The molecule has 3 rings (SSSR count). The largest absolute Gasteiger partial charge is 0.327 e. The number of nitrogens with zero attached hydrogens (tertiary/aromatic N) is 3. The maximum absolute atomic E-state index is 2.64. The second-order valence-corrected chi connectivity index (χ2v) is 7.47. The van der Waals surface area contributed by atoms with Gasteiger partial charge in [0.2, 0.25) is 0 Å². The molecule has 0 saturated carbocycles. The topological polar surface area (TPSA) is 6.25 Å². The first-order valence-electron chi connectivity index (χ1n) is 8.23. The standard InChI is InChI=1S/C18H29N3/c1-21(2,3)18-9-11-20(15-18)13-12-19-10-8-16-6-4-5-7-17(16)14-19/h4-7,14,18H,8-13,15H2,1-3H3/q+2. The molecule has 0 N–H and O–H groups in total. The second-order valence-electron chi connectivity index (χ2n) is 7.47. The minimum atomic E-state index is 0.802. The van der Waals surface area contributed by atoms with E-state index < -0.39 is 0 Å². The van der Waals surface area contributed by atoms with Crippen molar-refractivity contribution in [2.75, 3.05) is 53.9 Å². The normalized spacial score (nSPS) is 23.0. The number of benzene rings is 1. The van der Waals surface area contributed by atoms with Crippen molar-refractivity contribution < 1.29 is 9.06 Å². The van der Waals surface area contributed by atoms with Crippen LogP contribution in [0, 0.1) is 0 Å². The lowest BCUT2D eigenvalue weighted by Gasteiger charge is -2.31. The number of hydrogen-bond donors (Lipinski definition) is 0. The van der Waals surface area contributed by atoms with Crippen molar-refractivity contribution >= 4 is 6.21 Å². The monoisotopic (exact) mass is 287 g/mol. The van der Waals surface area contributed by atoms with Gasteiger partial charge in [0.25, 0.3) is 0 Å². The molecule has 3 nitrogen and oxygen atoms in total. The Bertz CT molecular complexity index is 528. The van der Waals surface area contributed by atoms with Crippen molar-refractivity contribution in [1.82, 2.24) is 4.90 Å². The molecule has 2 aliphatic heterocycles. The molecular weight excluding hydrogens is 258 g/mol. The average Bonchev–Trinajstić information content (AvgIpc) is 2.94. The Kier molecular flexibility index (Phi) is 4.14. The van der Waals surface area contributed by atoms with Crippen LogP contribution in [0.3, 0.4) is 0 Å². The molecule has 1 unspecified atom stereocenters. The Morgan fingerprint density at radius 3 is 2.81 bits per heavy atom. The van der Waals surface area contributed by atoms with Crippen molar-refractivity contribution in [1.29, 1.82) is 0 Å². The molecule has 1 fully saturated rings. The maximum atomic E-state index is 2.64. The third-order valence-corrected chi connectivity index (χ3v) is 5.09. The predicted molar refractivity (Wildman–Crippen MR) is 88.2 cm³/mol. The number of likely N-dealkylation sites (tertiary alicyclic amines) is 1. The molecule has 1 aromatic carbocycles. The van der Waals surface area contributed by atoms with E-state index in [9.17, 15) is 0 Å². The molecule has 114 valence electrons. The highest BCUT2D eigenvalue weighted by Gasteiger charge is 2.32. The van der Waals surface area contributed by atoms with Crippen molar-refractivity contribution in [3.8, 4) is 0 Å². The highest BCUT2D eigenvalue weighted by atomic mass is 15.4. The van der Waals surface area contributed by atoms with Gasteiger partial charge < -0.3 is 4.48 Å². The predicted octanol–water partition coefficient (Wildman–Crippen LogP) is 1.45. The lowest BCUT2D eigenvalue weighted by atomic mass is 10.0. The molecule has 0 amide bonds. The van der Waals surface area contributed by atoms with Gasteiger partial charge in [-0.05, 0) is 11.6 Å². The van der Waals surface area contributed by atoms with E-state index in [2.05, 4.69) is 61.1 Å². The summed E-state index contributed by atoms with van der Waals surface area (Å²) in [5.41, 5.74) is 2.91. The van der Waals surface area contributed by atoms with Crippen LogP contribution in [-0.2, 0) is 6.42 Å². The van der Waals surface area contributed by atoms with Gasteiger partial charge >= 0.3 is 0 Å². The van der Waals surface area contributed by atoms with Crippen LogP contribution in [0.5, 0.6) is 0 Å². The molecule has 3 heteroatoms. The third-order valence-electron chi connectivity index (χ3n) is 5.09. The summed E-state index contributed by atoms with van der Waals surface area (Å²) in [5, 5.41) is 0. The molecule has 0 aromatic heterocycles. The van der Waals surface area contributed by atoms with Gasteiger partial charge in [-0.3, -0.25) is 4.90 Å². The van der Waals surface area contributed by atoms with E-state index in [1.807, 2.05) is 0 Å². The molecule has 2 aliphatic rings. The summed E-state index contributed by atoms with van der Waals surface area (Å²) in [6, 6.07) is 9.60. The quantitative estimate of drug-likeness (QED) is 0.600.